The molecule has 168 valence electrons. The molecule has 0 bridgehead atoms. The summed E-state index contributed by atoms with van der Waals surface area (Å²) in [6.45, 7) is 8.99. The van der Waals surface area contributed by atoms with Gasteiger partial charge in [0.05, 0.1) is 26.1 Å². The average molecular weight is 431 g/mol. The van der Waals surface area contributed by atoms with Crippen LogP contribution in [0.25, 0.3) is 0 Å². The molecule has 0 unspecified atom stereocenters. The van der Waals surface area contributed by atoms with E-state index >= 15 is 0 Å². The first kappa shape index (κ1) is 22.5. The van der Waals surface area contributed by atoms with Crippen LogP contribution >= 0.6 is 0 Å². The zero-order chi connectivity index (χ0) is 22.2. The van der Waals surface area contributed by atoms with Crippen LogP contribution in [0.4, 0.5) is 0 Å². The largest absolute Gasteiger partial charge is 0.490 e. The summed E-state index contributed by atoms with van der Waals surface area (Å²) in [5.41, 5.74) is 0.473. The lowest BCUT2D eigenvalue weighted by atomic mass is 10.1. The van der Waals surface area contributed by atoms with Crippen LogP contribution in [0.15, 0.2) is 34.9 Å². The quantitative estimate of drug-likeness (QED) is 0.638. The summed E-state index contributed by atoms with van der Waals surface area (Å²) >= 11 is 0. The highest BCUT2D eigenvalue weighted by molar-refractivity contribution is 5.96. The Balaban J connectivity index is 1.79. The van der Waals surface area contributed by atoms with Gasteiger partial charge in [0.15, 0.2) is 17.3 Å². The molecule has 2 amide bonds. The number of rotatable bonds is 8. The zero-order valence-corrected chi connectivity index (χ0v) is 18.4. The van der Waals surface area contributed by atoms with Crippen molar-refractivity contribution >= 4 is 11.8 Å². The maximum Gasteiger partial charge on any atom is 0.289 e. The van der Waals surface area contributed by atoms with Crippen molar-refractivity contribution in [1.82, 2.24) is 9.80 Å². The molecule has 1 aliphatic heterocycles. The minimum absolute atomic E-state index is 0.128. The molecular formula is C23H30N2O6. The molecule has 31 heavy (non-hydrogen) atoms. The number of carbonyl (C=O) groups excluding carboxylic acids is 2. The number of furan rings is 1. The van der Waals surface area contributed by atoms with Gasteiger partial charge in [-0.3, -0.25) is 9.59 Å². The molecule has 1 aromatic heterocycles. The lowest BCUT2D eigenvalue weighted by Crippen LogP contribution is -2.37. The molecule has 1 aromatic carbocycles. The molecule has 0 N–H and O–H groups in total. The van der Waals surface area contributed by atoms with E-state index in [1.165, 1.54) is 6.26 Å². The van der Waals surface area contributed by atoms with E-state index in [0.29, 0.717) is 81.0 Å². The standard InChI is InChI=1S/C23H30N2O6/c1-4-28-19-15-17(16-20(29-5-2)21(19)30-6-3)22(26)24-10-8-11-25(13-12-24)23(27)18-9-7-14-31-18/h7,9,14-16H,4-6,8,10-13H2,1-3H3. The molecule has 0 aliphatic carbocycles. The van der Waals surface area contributed by atoms with Gasteiger partial charge in [-0.1, -0.05) is 0 Å². The summed E-state index contributed by atoms with van der Waals surface area (Å²) in [6, 6.07) is 6.76. The molecule has 0 saturated carbocycles. The fourth-order valence-electron chi connectivity index (χ4n) is 3.57. The summed E-state index contributed by atoms with van der Waals surface area (Å²) in [6.07, 6.45) is 2.17. The van der Waals surface area contributed by atoms with E-state index in [2.05, 4.69) is 0 Å². The minimum atomic E-state index is -0.155. The molecule has 1 saturated heterocycles. The maximum absolute atomic E-state index is 13.3. The first-order valence-corrected chi connectivity index (χ1v) is 10.8. The molecule has 2 heterocycles. The Bertz CT molecular complexity index is 853. The van der Waals surface area contributed by atoms with Gasteiger partial charge in [0.1, 0.15) is 0 Å². The number of amides is 2. The average Bonchev–Trinajstić information content (AvgIpc) is 3.20. The van der Waals surface area contributed by atoms with Crippen molar-refractivity contribution < 1.29 is 28.2 Å². The van der Waals surface area contributed by atoms with Crippen LogP contribution in [0.5, 0.6) is 17.2 Å². The van der Waals surface area contributed by atoms with Crippen LogP contribution in [-0.2, 0) is 0 Å². The molecule has 1 aliphatic rings. The Kier molecular flexibility index (Phi) is 7.81. The molecule has 1 fully saturated rings. The van der Waals surface area contributed by atoms with Crippen molar-refractivity contribution in [1.29, 1.82) is 0 Å². The van der Waals surface area contributed by atoms with Gasteiger partial charge >= 0.3 is 0 Å². The third-order valence-electron chi connectivity index (χ3n) is 4.96. The highest BCUT2D eigenvalue weighted by atomic mass is 16.5. The van der Waals surface area contributed by atoms with Gasteiger partial charge in [0.2, 0.25) is 5.75 Å². The van der Waals surface area contributed by atoms with Gasteiger partial charge in [0, 0.05) is 31.7 Å². The van der Waals surface area contributed by atoms with E-state index in [-0.39, 0.29) is 11.8 Å². The van der Waals surface area contributed by atoms with E-state index in [1.54, 1.807) is 34.1 Å². The lowest BCUT2D eigenvalue weighted by molar-refractivity contribution is 0.0700. The van der Waals surface area contributed by atoms with Crippen LogP contribution in [0, 0.1) is 0 Å². The summed E-state index contributed by atoms with van der Waals surface area (Å²) in [7, 11) is 0. The summed E-state index contributed by atoms with van der Waals surface area (Å²) in [5, 5.41) is 0. The predicted octanol–water partition coefficient (Wildman–Crippen LogP) is 3.46. The first-order valence-electron chi connectivity index (χ1n) is 10.8. The molecule has 2 aromatic rings. The fraction of sp³-hybridized carbons (Fsp3) is 0.478. The first-order chi connectivity index (χ1) is 15.1. The summed E-state index contributed by atoms with van der Waals surface area (Å²) in [4.78, 5) is 29.4. The highest BCUT2D eigenvalue weighted by Crippen LogP contribution is 2.39. The maximum atomic E-state index is 13.3. The van der Waals surface area contributed by atoms with Crippen LogP contribution in [-0.4, -0.2) is 67.6 Å². The minimum Gasteiger partial charge on any atom is -0.490 e. The SMILES string of the molecule is CCOc1cc(C(=O)N2CCCN(C(=O)c3ccco3)CC2)cc(OCC)c1OCC. The topological polar surface area (TPSA) is 81.5 Å². The van der Waals surface area contributed by atoms with Crippen LogP contribution in [0.2, 0.25) is 0 Å². The number of hydrogen-bond acceptors (Lipinski definition) is 6. The number of nitrogens with zero attached hydrogens (tertiary/aromatic N) is 2. The normalized spacial score (nSPS) is 14.2. The smallest absolute Gasteiger partial charge is 0.289 e. The number of carbonyl (C=O) groups is 2. The number of hydrogen-bond donors (Lipinski definition) is 0. The Morgan fingerprint density at radius 2 is 1.45 bits per heavy atom. The van der Waals surface area contributed by atoms with Crippen molar-refractivity contribution in [3.05, 3.63) is 41.9 Å². The Hall–Kier alpha value is -3.16. The Labute approximate surface area is 182 Å². The molecular weight excluding hydrogens is 400 g/mol. The predicted molar refractivity (Wildman–Crippen MR) is 115 cm³/mol. The van der Waals surface area contributed by atoms with Crippen molar-refractivity contribution in [2.24, 2.45) is 0 Å². The molecule has 0 spiro atoms. The monoisotopic (exact) mass is 430 g/mol. The number of ether oxygens (including phenoxy) is 3. The van der Waals surface area contributed by atoms with Crippen molar-refractivity contribution in [3.63, 3.8) is 0 Å². The van der Waals surface area contributed by atoms with Crippen molar-refractivity contribution in [2.75, 3.05) is 46.0 Å². The van der Waals surface area contributed by atoms with Gasteiger partial charge in [0.25, 0.3) is 11.8 Å². The Morgan fingerprint density at radius 3 is 1.97 bits per heavy atom. The fourth-order valence-corrected chi connectivity index (χ4v) is 3.57. The van der Waals surface area contributed by atoms with E-state index < -0.39 is 0 Å². The van der Waals surface area contributed by atoms with Gasteiger partial charge in [-0.25, -0.2) is 0 Å². The highest BCUT2D eigenvalue weighted by Gasteiger charge is 2.26. The van der Waals surface area contributed by atoms with Crippen molar-refractivity contribution in [3.8, 4) is 17.2 Å². The van der Waals surface area contributed by atoms with Gasteiger partial charge in [-0.15, -0.1) is 0 Å². The second kappa shape index (κ2) is 10.7. The summed E-state index contributed by atoms with van der Waals surface area (Å²) in [5.74, 6) is 1.52. The second-order valence-corrected chi connectivity index (χ2v) is 7.02. The van der Waals surface area contributed by atoms with Gasteiger partial charge in [-0.2, -0.15) is 0 Å². The van der Waals surface area contributed by atoms with Gasteiger partial charge in [-0.05, 0) is 51.5 Å². The van der Waals surface area contributed by atoms with E-state index in [4.69, 9.17) is 18.6 Å². The van der Waals surface area contributed by atoms with Crippen LogP contribution in [0.3, 0.4) is 0 Å². The molecule has 0 atom stereocenters. The van der Waals surface area contributed by atoms with E-state index in [1.807, 2.05) is 20.8 Å². The third-order valence-corrected chi connectivity index (χ3v) is 4.96. The number of benzene rings is 1. The summed E-state index contributed by atoms with van der Waals surface area (Å²) < 4.78 is 22.4. The van der Waals surface area contributed by atoms with Crippen LogP contribution < -0.4 is 14.2 Å². The van der Waals surface area contributed by atoms with E-state index in [9.17, 15) is 9.59 Å². The third kappa shape index (κ3) is 5.31. The van der Waals surface area contributed by atoms with E-state index in [0.717, 1.165) is 0 Å². The van der Waals surface area contributed by atoms with Crippen LogP contribution in [0.1, 0.15) is 48.1 Å². The van der Waals surface area contributed by atoms with Crippen molar-refractivity contribution in [2.45, 2.75) is 27.2 Å². The molecule has 0 radical (unpaired) electrons. The lowest BCUT2D eigenvalue weighted by Gasteiger charge is -2.23. The molecule has 8 heteroatoms. The molecule has 3 rings (SSSR count). The zero-order valence-electron chi connectivity index (χ0n) is 18.4. The molecule has 8 nitrogen and oxygen atoms in total. The Morgan fingerprint density at radius 1 is 0.871 bits per heavy atom. The second-order valence-electron chi connectivity index (χ2n) is 7.02. The van der Waals surface area contributed by atoms with Gasteiger partial charge < -0.3 is 28.4 Å².